The van der Waals surface area contributed by atoms with Gasteiger partial charge in [0.25, 0.3) is 0 Å². The van der Waals surface area contributed by atoms with Gasteiger partial charge in [0.2, 0.25) is 0 Å². The van der Waals surface area contributed by atoms with E-state index in [1.54, 1.807) is 14.2 Å². The molecule has 0 heterocycles. The van der Waals surface area contributed by atoms with Crippen LogP contribution in [-0.4, -0.2) is 25.9 Å². The second kappa shape index (κ2) is 6.72. The Morgan fingerprint density at radius 1 is 1.29 bits per heavy atom. The van der Waals surface area contributed by atoms with Gasteiger partial charge in [0.15, 0.2) is 11.5 Å². The number of rotatable bonds is 6. The molecule has 0 aliphatic carbocycles. The molecule has 0 aromatic heterocycles. The largest absolute Gasteiger partial charge is 0.493 e. The summed E-state index contributed by atoms with van der Waals surface area (Å²) in [6.07, 6.45) is 2.35. The Hall–Kier alpha value is -0.930. The van der Waals surface area contributed by atoms with E-state index in [0.29, 0.717) is 16.5 Å². The molecule has 0 saturated carbocycles. The third-order valence-electron chi connectivity index (χ3n) is 2.76. The summed E-state index contributed by atoms with van der Waals surface area (Å²) in [4.78, 5) is 0. The van der Waals surface area contributed by atoms with Gasteiger partial charge >= 0.3 is 0 Å². The molecule has 96 valence electrons. The number of benzene rings is 1. The summed E-state index contributed by atoms with van der Waals surface area (Å²) in [6, 6.07) is 1.94. The maximum atomic E-state index is 8.90. The van der Waals surface area contributed by atoms with Crippen LogP contribution in [0.1, 0.15) is 24.5 Å². The summed E-state index contributed by atoms with van der Waals surface area (Å²) < 4.78 is 10.5. The van der Waals surface area contributed by atoms with Crippen molar-refractivity contribution in [2.24, 2.45) is 0 Å². The molecule has 1 aromatic carbocycles. The van der Waals surface area contributed by atoms with E-state index in [2.05, 4.69) is 6.92 Å². The summed E-state index contributed by atoms with van der Waals surface area (Å²) in [7, 11) is 3.17. The van der Waals surface area contributed by atoms with Crippen molar-refractivity contribution in [2.45, 2.75) is 26.2 Å². The molecule has 1 rings (SSSR count). The standard InChI is InChI=1S/C13H19ClO3/c1-4-10-9(6-5-7-15)8-11(16-2)13(17-3)12(10)14/h8,15H,4-7H2,1-3H3. The molecule has 0 spiro atoms. The second-order valence-corrected chi connectivity index (χ2v) is 4.12. The fourth-order valence-electron chi connectivity index (χ4n) is 1.91. The van der Waals surface area contributed by atoms with Crippen LogP contribution < -0.4 is 9.47 Å². The van der Waals surface area contributed by atoms with Crippen LogP contribution >= 0.6 is 11.6 Å². The Bertz CT molecular complexity index is 377. The average Bonchev–Trinajstić information content (AvgIpc) is 2.35. The maximum Gasteiger partial charge on any atom is 0.179 e. The second-order valence-electron chi connectivity index (χ2n) is 3.74. The zero-order valence-electron chi connectivity index (χ0n) is 10.5. The summed E-state index contributed by atoms with van der Waals surface area (Å²) in [5.74, 6) is 1.22. The van der Waals surface area contributed by atoms with E-state index in [0.717, 1.165) is 30.4 Å². The molecular formula is C13H19ClO3. The molecule has 0 aliphatic rings. The van der Waals surface area contributed by atoms with Gasteiger partial charge in [0.05, 0.1) is 19.2 Å². The van der Waals surface area contributed by atoms with Crippen molar-refractivity contribution in [3.05, 3.63) is 22.2 Å². The fraction of sp³-hybridized carbons (Fsp3) is 0.538. The van der Waals surface area contributed by atoms with Crippen LogP contribution in [0.25, 0.3) is 0 Å². The number of hydrogen-bond donors (Lipinski definition) is 1. The van der Waals surface area contributed by atoms with Gasteiger partial charge in [-0.25, -0.2) is 0 Å². The average molecular weight is 259 g/mol. The lowest BCUT2D eigenvalue weighted by Crippen LogP contribution is -2.01. The van der Waals surface area contributed by atoms with Gasteiger partial charge in [-0.3, -0.25) is 0 Å². The van der Waals surface area contributed by atoms with Gasteiger partial charge in [-0.1, -0.05) is 18.5 Å². The molecule has 0 unspecified atom stereocenters. The molecule has 0 fully saturated rings. The Kier molecular flexibility index (Phi) is 5.59. The van der Waals surface area contributed by atoms with Gasteiger partial charge in [-0.15, -0.1) is 0 Å². The summed E-state index contributed by atoms with van der Waals surface area (Å²) in [6.45, 7) is 2.23. The van der Waals surface area contributed by atoms with Crippen molar-refractivity contribution in [3.63, 3.8) is 0 Å². The Morgan fingerprint density at radius 3 is 2.47 bits per heavy atom. The zero-order valence-corrected chi connectivity index (χ0v) is 11.3. The zero-order chi connectivity index (χ0) is 12.8. The molecule has 0 aliphatic heterocycles. The number of aliphatic hydroxyl groups is 1. The van der Waals surface area contributed by atoms with Crippen molar-refractivity contribution in [1.29, 1.82) is 0 Å². The minimum absolute atomic E-state index is 0.176. The first-order chi connectivity index (χ1) is 8.19. The lowest BCUT2D eigenvalue weighted by atomic mass is 10.00. The summed E-state index contributed by atoms with van der Waals surface area (Å²) >= 11 is 6.31. The highest BCUT2D eigenvalue weighted by atomic mass is 35.5. The van der Waals surface area contributed by atoms with Crippen molar-refractivity contribution in [3.8, 4) is 11.5 Å². The first kappa shape index (κ1) is 14.1. The van der Waals surface area contributed by atoms with Crippen LogP contribution in [0, 0.1) is 0 Å². The molecule has 0 atom stereocenters. The van der Waals surface area contributed by atoms with Gasteiger partial charge in [0, 0.05) is 6.61 Å². The van der Waals surface area contributed by atoms with Crippen molar-refractivity contribution in [2.75, 3.05) is 20.8 Å². The minimum atomic E-state index is 0.176. The minimum Gasteiger partial charge on any atom is -0.493 e. The first-order valence-corrected chi connectivity index (χ1v) is 6.10. The van der Waals surface area contributed by atoms with Crippen LogP contribution in [0.3, 0.4) is 0 Å². The molecule has 0 radical (unpaired) electrons. The van der Waals surface area contributed by atoms with Crippen LogP contribution in [0.2, 0.25) is 5.02 Å². The Balaban J connectivity index is 3.24. The molecule has 17 heavy (non-hydrogen) atoms. The number of aryl methyl sites for hydroxylation is 1. The highest BCUT2D eigenvalue weighted by molar-refractivity contribution is 6.33. The first-order valence-electron chi connectivity index (χ1n) is 5.72. The number of halogens is 1. The Labute approximate surface area is 107 Å². The van der Waals surface area contributed by atoms with Crippen LogP contribution in [-0.2, 0) is 12.8 Å². The van der Waals surface area contributed by atoms with E-state index in [1.165, 1.54) is 0 Å². The maximum absolute atomic E-state index is 8.90. The Morgan fingerprint density at radius 2 is 2.00 bits per heavy atom. The SMILES string of the molecule is CCc1c(CCCO)cc(OC)c(OC)c1Cl. The summed E-state index contributed by atoms with van der Waals surface area (Å²) in [5.41, 5.74) is 2.18. The van der Waals surface area contributed by atoms with Crippen LogP contribution in [0.5, 0.6) is 11.5 Å². The number of methoxy groups -OCH3 is 2. The lowest BCUT2D eigenvalue weighted by Gasteiger charge is -2.16. The van der Waals surface area contributed by atoms with E-state index in [-0.39, 0.29) is 6.61 Å². The van der Waals surface area contributed by atoms with Crippen molar-refractivity contribution in [1.82, 2.24) is 0 Å². The highest BCUT2D eigenvalue weighted by Gasteiger charge is 2.16. The number of hydrogen-bond acceptors (Lipinski definition) is 3. The fourth-order valence-corrected chi connectivity index (χ4v) is 2.34. The van der Waals surface area contributed by atoms with E-state index in [1.807, 2.05) is 6.07 Å². The lowest BCUT2D eigenvalue weighted by molar-refractivity contribution is 0.288. The smallest absolute Gasteiger partial charge is 0.179 e. The molecule has 0 saturated heterocycles. The molecular weight excluding hydrogens is 240 g/mol. The van der Waals surface area contributed by atoms with E-state index in [4.69, 9.17) is 26.2 Å². The van der Waals surface area contributed by atoms with Crippen LogP contribution in [0.4, 0.5) is 0 Å². The number of ether oxygens (including phenoxy) is 2. The van der Waals surface area contributed by atoms with Gasteiger partial charge in [-0.2, -0.15) is 0 Å². The van der Waals surface area contributed by atoms with E-state index in [9.17, 15) is 0 Å². The monoisotopic (exact) mass is 258 g/mol. The van der Waals surface area contributed by atoms with Crippen molar-refractivity contribution < 1.29 is 14.6 Å². The molecule has 1 aromatic rings. The normalized spacial score (nSPS) is 10.4. The van der Waals surface area contributed by atoms with Gasteiger partial charge in [0.1, 0.15) is 0 Å². The predicted molar refractivity (Wildman–Crippen MR) is 69.3 cm³/mol. The highest BCUT2D eigenvalue weighted by Crippen LogP contribution is 2.40. The number of aliphatic hydroxyl groups excluding tert-OH is 1. The molecule has 4 heteroatoms. The van der Waals surface area contributed by atoms with E-state index < -0.39 is 0 Å². The van der Waals surface area contributed by atoms with Gasteiger partial charge < -0.3 is 14.6 Å². The predicted octanol–water partition coefficient (Wildman–Crippen LogP) is 2.84. The quantitative estimate of drug-likeness (QED) is 0.853. The molecule has 0 amide bonds. The van der Waals surface area contributed by atoms with Crippen LogP contribution in [0.15, 0.2) is 6.07 Å². The van der Waals surface area contributed by atoms with Crippen molar-refractivity contribution >= 4 is 11.6 Å². The van der Waals surface area contributed by atoms with Gasteiger partial charge in [-0.05, 0) is 36.5 Å². The molecule has 1 N–H and O–H groups in total. The van der Waals surface area contributed by atoms with E-state index >= 15 is 0 Å². The topological polar surface area (TPSA) is 38.7 Å². The molecule has 0 bridgehead atoms. The summed E-state index contributed by atoms with van der Waals surface area (Å²) in [5, 5.41) is 9.51. The third kappa shape index (κ3) is 3.05. The molecule has 3 nitrogen and oxygen atoms in total. The third-order valence-corrected chi connectivity index (χ3v) is 3.16.